The standard InChI is InChI=1S/C12H18N4O4S/c1-7(10-15-8(6-21-10)11(18)19)14-12(20)13-5-4-9(17)16(2)3/h6-7H,4-5H2,1-3H3,(H,18,19)(H2,13,14,20). The first-order valence-electron chi connectivity index (χ1n) is 6.24. The van der Waals surface area contributed by atoms with Gasteiger partial charge in [0.2, 0.25) is 5.91 Å². The first-order chi connectivity index (χ1) is 9.81. The molecule has 3 amide bonds. The number of hydrogen-bond acceptors (Lipinski definition) is 5. The highest BCUT2D eigenvalue weighted by Gasteiger charge is 2.16. The lowest BCUT2D eigenvalue weighted by Crippen LogP contribution is -2.38. The Morgan fingerprint density at radius 2 is 2.10 bits per heavy atom. The number of carbonyl (C=O) groups is 3. The maximum absolute atomic E-state index is 11.6. The molecule has 0 fully saturated rings. The topological polar surface area (TPSA) is 112 Å². The summed E-state index contributed by atoms with van der Waals surface area (Å²) in [5, 5.41) is 15.9. The molecule has 1 aromatic heterocycles. The molecule has 0 aliphatic rings. The first-order valence-corrected chi connectivity index (χ1v) is 7.12. The van der Waals surface area contributed by atoms with E-state index >= 15 is 0 Å². The number of rotatable bonds is 6. The summed E-state index contributed by atoms with van der Waals surface area (Å²) in [6.45, 7) is 1.93. The van der Waals surface area contributed by atoms with Crippen LogP contribution in [0, 0.1) is 0 Å². The Kier molecular flexibility index (Phi) is 6.10. The van der Waals surface area contributed by atoms with Crippen molar-refractivity contribution < 1.29 is 19.5 Å². The Hall–Kier alpha value is -2.16. The van der Waals surface area contributed by atoms with Crippen molar-refractivity contribution in [1.29, 1.82) is 0 Å². The number of nitrogens with one attached hydrogen (secondary N) is 2. The minimum Gasteiger partial charge on any atom is -0.476 e. The number of aromatic carboxylic acids is 1. The van der Waals surface area contributed by atoms with Gasteiger partial charge in [-0.2, -0.15) is 0 Å². The van der Waals surface area contributed by atoms with Gasteiger partial charge in [-0.15, -0.1) is 11.3 Å². The van der Waals surface area contributed by atoms with Gasteiger partial charge in [-0.25, -0.2) is 14.6 Å². The number of thiazole rings is 1. The molecule has 1 aromatic rings. The van der Waals surface area contributed by atoms with Gasteiger partial charge in [-0.1, -0.05) is 0 Å². The van der Waals surface area contributed by atoms with Crippen LogP contribution in [-0.4, -0.2) is 53.5 Å². The van der Waals surface area contributed by atoms with E-state index in [1.807, 2.05) is 0 Å². The number of hydrogen-bond donors (Lipinski definition) is 3. The van der Waals surface area contributed by atoms with Crippen LogP contribution >= 0.6 is 11.3 Å². The van der Waals surface area contributed by atoms with Crippen LogP contribution in [0.25, 0.3) is 0 Å². The lowest BCUT2D eigenvalue weighted by Gasteiger charge is -2.13. The molecular formula is C12H18N4O4S. The second-order valence-electron chi connectivity index (χ2n) is 4.54. The summed E-state index contributed by atoms with van der Waals surface area (Å²) in [4.78, 5) is 39.0. The van der Waals surface area contributed by atoms with Crippen LogP contribution in [0.2, 0.25) is 0 Å². The maximum Gasteiger partial charge on any atom is 0.355 e. The van der Waals surface area contributed by atoms with Gasteiger partial charge in [0.25, 0.3) is 0 Å². The number of nitrogens with zero attached hydrogens (tertiary/aromatic N) is 2. The average molecular weight is 314 g/mol. The van der Waals surface area contributed by atoms with Crippen molar-refractivity contribution in [3.63, 3.8) is 0 Å². The summed E-state index contributed by atoms with van der Waals surface area (Å²) in [6.07, 6.45) is 0.217. The summed E-state index contributed by atoms with van der Waals surface area (Å²) < 4.78 is 0. The average Bonchev–Trinajstić information content (AvgIpc) is 2.88. The van der Waals surface area contributed by atoms with Crippen LogP contribution in [0.1, 0.15) is 34.9 Å². The van der Waals surface area contributed by atoms with Crippen LogP contribution in [0.15, 0.2) is 5.38 Å². The third kappa shape index (κ3) is 5.38. The highest BCUT2D eigenvalue weighted by molar-refractivity contribution is 7.09. The van der Waals surface area contributed by atoms with Crippen molar-refractivity contribution in [3.05, 3.63) is 16.1 Å². The molecule has 0 spiro atoms. The van der Waals surface area contributed by atoms with Crippen LogP contribution in [-0.2, 0) is 4.79 Å². The molecule has 0 aliphatic carbocycles. The summed E-state index contributed by atoms with van der Waals surface area (Å²) >= 11 is 1.17. The second-order valence-corrected chi connectivity index (χ2v) is 5.43. The number of carbonyl (C=O) groups excluding carboxylic acids is 2. The molecule has 1 unspecified atom stereocenters. The Morgan fingerprint density at radius 1 is 1.43 bits per heavy atom. The largest absolute Gasteiger partial charge is 0.476 e. The number of amides is 3. The summed E-state index contributed by atoms with van der Waals surface area (Å²) in [5.41, 5.74) is -0.0411. The monoisotopic (exact) mass is 314 g/mol. The Balaban J connectivity index is 2.39. The maximum atomic E-state index is 11.6. The lowest BCUT2D eigenvalue weighted by atomic mass is 10.3. The zero-order valence-corrected chi connectivity index (χ0v) is 12.9. The van der Waals surface area contributed by atoms with E-state index in [4.69, 9.17) is 5.11 Å². The molecule has 9 heteroatoms. The van der Waals surface area contributed by atoms with Crippen LogP contribution in [0.5, 0.6) is 0 Å². The molecule has 0 saturated carbocycles. The van der Waals surface area contributed by atoms with E-state index in [2.05, 4.69) is 15.6 Å². The molecule has 0 bridgehead atoms. The Bertz CT molecular complexity index is 529. The van der Waals surface area contributed by atoms with Crippen LogP contribution < -0.4 is 10.6 Å². The molecule has 3 N–H and O–H groups in total. The highest BCUT2D eigenvalue weighted by Crippen LogP contribution is 2.17. The molecule has 0 radical (unpaired) electrons. The van der Waals surface area contributed by atoms with Crippen molar-refractivity contribution in [2.45, 2.75) is 19.4 Å². The van der Waals surface area contributed by atoms with Gasteiger partial charge < -0.3 is 20.6 Å². The molecular weight excluding hydrogens is 296 g/mol. The minimum absolute atomic E-state index is 0.0411. The number of aromatic nitrogens is 1. The predicted octanol–water partition coefficient (Wildman–Crippen LogP) is 0.680. The quantitative estimate of drug-likeness (QED) is 0.715. The molecule has 8 nitrogen and oxygen atoms in total. The van der Waals surface area contributed by atoms with Gasteiger partial charge >= 0.3 is 12.0 Å². The lowest BCUT2D eigenvalue weighted by molar-refractivity contribution is -0.128. The van der Waals surface area contributed by atoms with E-state index in [-0.39, 0.29) is 24.6 Å². The van der Waals surface area contributed by atoms with E-state index in [0.717, 1.165) is 0 Å². The van der Waals surface area contributed by atoms with E-state index < -0.39 is 18.0 Å². The zero-order chi connectivity index (χ0) is 16.0. The summed E-state index contributed by atoms with van der Waals surface area (Å²) in [5.74, 6) is -1.18. The zero-order valence-electron chi connectivity index (χ0n) is 12.0. The number of carboxylic acids is 1. The molecule has 0 aromatic carbocycles. The van der Waals surface area contributed by atoms with Gasteiger partial charge in [0.05, 0.1) is 6.04 Å². The summed E-state index contributed by atoms with van der Waals surface area (Å²) in [6, 6.07) is -0.839. The predicted molar refractivity (Wildman–Crippen MR) is 77.3 cm³/mol. The first kappa shape index (κ1) is 16.9. The van der Waals surface area contributed by atoms with Crippen molar-refractivity contribution in [3.8, 4) is 0 Å². The fourth-order valence-electron chi connectivity index (χ4n) is 1.40. The van der Waals surface area contributed by atoms with Crippen molar-refractivity contribution in [2.75, 3.05) is 20.6 Å². The van der Waals surface area contributed by atoms with E-state index in [1.54, 1.807) is 21.0 Å². The van der Waals surface area contributed by atoms with E-state index in [1.165, 1.54) is 21.6 Å². The van der Waals surface area contributed by atoms with Gasteiger partial charge in [-0.05, 0) is 6.92 Å². The third-order valence-electron chi connectivity index (χ3n) is 2.58. The Labute approximate surface area is 126 Å². The van der Waals surface area contributed by atoms with Gasteiger partial charge in [-0.3, -0.25) is 4.79 Å². The highest BCUT2D eigenvalue weighted by atomic mass is 32.1. The minimum atomic E-state index is -1.10. The molecule has 0 aliphatic heterocycles. The second kappa shape index (κ2) is 7.58. The van der Waals surface area contributed by atoms with Crippen molar-refractivity contribution in [1.82, 2.24) is 20.5 Å². The van der Waals surface area contributed by atoms with E-state index in [9.17, 15) is 14.4 Å². The van der Waals surface area contributed by atoms with Gasteiger partial charge in [0, 0.05) is 32.4 Å². The molecule has 1 rings (SSSR count). The fourth-order valence-corrected chi connectivity index (χ4v) is 2.20. The Morgan fingerprint density at radius 3 is 2.62 bits per heavy atom. The van der Waals surface area contributed by atoms with Crippen LogP contribution in [0.3, 0.4) is 0 Å². The van der Waals surface area contributed by atoms with Crippen molar-refractivity contribution >= 4 is 29.2 Å². The summed E-state index contributed by atoms with van der Waals surface area (Å²) in [7, 11) is 3.29. The molecule has 116 valence electrons. The van der Waals surface area contributed by atoms with Crippen LogP contribution in [0.4, 0.5) is 4.79 Å². The molecule has 0 saturated heterocycles. The molecule has 1 heterocycles. The van der Waals surface area contributed by atoms with Crippen molar-refractivity contribution in [2.24, 2.45) is 0 Å². The number of urea groups is 1. The fraction of sp³-hybridized carbons (Fsp3) is 0.500. The smallest absolute Gasteiger partial charge is 0.355 e. The van der Waals surface area contributed by atoms with Gasteiger partial charge in [0.15, 0.2) is 5.69 Å². The van der Waals surface area contributed by atoms with E-state index in [0.29, 0.717) is 5.01 Å². The number of carboxylic acid groups (broad SMARTS) is 1. The molecule has 1 atom stereocenters. The normalized spacial score (nSPS) is 11.6. The SMILES string of the molecule is CC(NC(=O)NCCC(=O)N(C)C)c1nc(C(=O)O)cs1. The molecule has 21 heavy (non-hydrogen) atoms. The third-order valence-corrected chi connectivity index (χ3v) is 3.61. The van der Waals surface area contributed by atoms with Gasteiger partial charge in [0.1, 0.15) is 5.01 Å².